The van der Waals surface area contributed by atoms with E-state index in [-0.39, 0.29) is 10.9 Å². The van der Waals surface area contributed by atoms with Gasteiger partial charge in [0, 0.05) is 31.6 Å². The van der Waals surface area contributed by atoms with Crippen molar-refractivity contribution in [1.29, 1.82) is 0 Å². The van der Waals surface area contributed by atoms with Crippen LogP contribution >= 0.6 is 11.6 Å². The van der Waals surface area contributed by atoms with E-state index < -0.39 is 15.7 Å². The number of hydrogen-bond acceptors (Lipinski definition) is 6. The number of rotatable bonds is 4. The van der Waals surface area contributed by atoms with E-state index in [0.717, 1.165) is 11.9 Å². The van der Waals surface area contributed by atoms with Crippen molar-refractivity contribution in [2.45, 2.75) is 31.7 Å². The highest BCUT2D eigenvalue weighted by atomic mass is 35.5. The molecular formula is C19H24ClFN4O2S. The van der Waals surface area contributed by atoms with Crippen LogP contribution in [0.2, 0.25) is 5.02 Å². The van der Waals surface area contributed by atoms with E-state index in [9.17, 15) is 12.8 Å². The van der Waals surface area contributed by atoms with Crippen molar-refractivity contribution in [1.82, 2.24) is 9.97 Å². The number of anilines is 2. The highest BCUT2D eigenvalue weighted by Gasteiger charge is 2.32. The van der Waals surface area contributed by atoms with Crippen LogP contribution in [-0.2, 0) is 9.84 Å². The van der Waals surface area contributed by atoms with Crippen LogP contribution in [0.4, 0.5) is 16.0 Å². The van der Waals surface area contributed by atoms with Gasteiger partial charge in [-0.25, -0.2) is 22.8 Å². The molecule has 0 saturated carbocycles. The average Bonchev–Trinajstić information content (AvgIpc) is 2.63. The molecule has 0 radical (unpaired) electrons. The van der Waals surface area contributed by atoms with Gasteiger partial charge in [0.1, 0.15) is 10.7 Å². The highest BCUT2D eigenvalue weighted by molar-refractivity contribution is 7.90. The first-order chi connectivity index (χ1) is 13.1. The molecule has 1 saturated heterocycles. The monoisotopic (exact) mass is 426 g/mol. The third kappa shape index (κ3) is 4.22. The van der Waals surface area contributed by atoms with E-state index in [0.29, 0.717) is 42.2 Å². The van der Waals surface area contributed by atoms with Crippen LogP contribution in [0.1, 0.15) is 19.5 Å². The van der Waals surface area contributed by atoms with Crippen LogP contribution in [0.15, 0.2) is 29.3 Å². The fourth-order valence-electron chi connectivity index (χ4n) is 3.41. The first-order valence-corrected chi connectivity index (χ1v) is 11.3. The Morgan fingerprint density at radius 1 is 1.29 bits per heavy atom. The number of hydrogen-bond donors (Lipinski definition) is 0. The average molecular weight is 427 g/mol. The molecule has 0 amide bonds. The molecule has 2 heterocycles. The summed E-state index contributed by atoms with van der Waals surface area (Å²) in [4.78, 5) is 12.9. The Morgan fingerprint density at radius 3 is 2.61 bits per heavy atom. The van der Waals surface area contributed by atoms with Gasteiger partial charge in [-0.1, -0.05) is 25.4 Å². The van der Waals surface area contributed by atoms with Gasteiger partial charge in [0.25, 0.3) is 0 Å². The summed E-state index contributed by atoms with van der Waals surface area (Å²) in [6.45, 7) is 8.04. The summed E-state index contributed by atoms with van der Waals surface area (Å²) in [5, 5.41) is 0.531. The topological polar surface area (TPSA) is 66.4 Å². The molecule has 0 spiro atoms. The fraction of sp³-hybridized carbons (Fsp3) is 0.474. The Morgan fingerprint density at radius 2 is 2.00 bits per heavy atom. The summed E-state index contributed by atoms with van der Waals surface area (Å²) < 4.78 is 37.7. The lowest BCUT2D eigenvalue weighted by atomic mass is 9.99. The van der Waals surface area contributed by atoms with Crippen LogP contribution in [0.5, 0.6) is 0 Å². The van der Waals surface area contributed by atoms with Crippen molar-refractivity contribution in [3.8, 4) is 0 Å². The van der Waals surface area contributed by atoms with E-state index in [1.165, 1.54) is 12.1 Å². The first-order valence-electron chi connectivity index (χ1n) is 9.08. The molecule has 0 N–H and O–H groups in total. The molecule has 28 heavy (non-hydrogen) atoms. The Balaban J connectivity index is 1.90. The molecule has 1 atom stereocenters. The molecule has 2 aromatic rings. The number of nitrogens with zero attached hydrogens (tertiary/aromatic N) is 4. The molecule has 3 rings (SSSR count). The number of benzene rings is 1. The van der Waals surface area contributed by atoms with E-state index in [2.05, 4.69) is 33.6 Å². The number of aryl methyl sites for hydroxylation is 1. The molecule has 0 bridgehead atoms. The maximum absolute atomic E-state index is 14.0. The molecule has 6 nitrogen and oxygen atoms in total. The third-order valence-electron chi connectivity index (χ3n) is 5.03. The molecule has 152 valence electrons. The molecule has 1 aromatic carbocycles. The lowest BCUT2D eigenvalue weighted by molar-refractivity contribution is 0.413. The molecule has 1 fully saturated rings. The zero-order chi connectivity index (χ0) is 20.6. The predicted molar refractivity (Wildman–Crippen MR) is 109 cm³/mol. The van der Waals surface area contributed by atoms with Crippen LogP contribution in [-0.4, -0.2) is 50.3 Å². The molecule has 9 heteroatoms. The predicted octanol–water partition coefficient (Wildman–Crippen LogP) is 3.33. The second-order valence-corrected chi connectivity index (χ2v) is 9.83. The summed E-state index contributed by atoms with van der Waals surface area (Å²) in [5.41, 5.74) is 1.42. The summed E-state index contributed by atoms with van der Waals surface area (Å²) in [6, 6.07) is 4.37. The van der Waals surface area contributed by atoms with Crippen molar-refractivity contribution in [3.05, 3.63) is 40.9 Å². The molecule has 0 aliphatic carbocycles. The highest BCUT2D eigenvalue weighted by Crippen LogP contribution is 2.28. The van der Waals surface area contributed by atoms with Crippen molar-refractivity contribution in [2.75, 3.05) is 35.7 Å². The SMILES string of the molecule is Cc1nc(N2CCN(c3ccc(F)c(S(C)(=O)=O)c3)CC2C(C)C)ncc1Cl. The van der Waals surface area contributed by atoms with E-state index in [1.807, 2.05) is 6.92 Å². The summed E-state index contributed by atoms with van der Waals surface area (Å²) in [5.74, 6) is 0.212. The van der Waals surface area contributed by atoms with Crippen molar-refractivity contribution in [3.63, 3.8) is 0 Å². The molecule has 1 aliphatic rings. The van der Waals surface area contributed by atoms with Crippen LogP contribution in [0.25, 0.3) is 0 Å². The Bertz CT molecular complexity index is 984. The fourth-order valence-corrected chi connectivity index (χ4v) is 4.26. The van der Waals surface area contributed by atoms with Gasteiger partial charge in [-0.05, 0) is 31.0 Å². The van der Waals surface area contributed by atoms with Gasteiger partial charge in [0.2, 0.25) is 5.95 Å². The van der Waals surface area contributed by atoms with Crippen molar-refractivity contribution in [2.24, 2.45) is 5.92 Å². The molecular weight excluding hydrogens is 403 g/mol. The van der Waals surface area contributed by atoms with Gasteiger partial charge < -0.3 is 9.80 Å². The normalized spacial score (nSPS) is 18.0. The van der Waals surface area contributed by atoms with E-state index in [4.69, 9.17) is 11.6 Å². The quantitative estimate of drug-likeness (QED) is 0.747. The Hall–Kier alpha value is -1.93. The lowest BCUT2D eigenvalue weighted by Crippen LogP contribution is -2.56. The van der Waals surface area contributed by atoms with Gasteiger partial charge in [0.15, 0.2) is 9.84 Å². The Kier molecular flexibility index (Phi) is 5.82. The zero-order valence-corrected chi connectivity index (χ0v) is 17.9. The smallest absolute Gasteiger partial charge is 0.225 e. The van der Waals surface area contributed by atoms with E-state index >= 15 is 0 Å². The number of halogens is 2. The van der Waals surface area contributed by atoms with Gasteiger partial charge in [-0.15, -0.1) is 0 Å². The molecule has 1 unspecified atom stereocenters. The minimum atomic E-state index is -3.63. The third-order valence-corrected chi connectivity index (χ3v) is 6.51. The second kappa shape index (κ2) is 7.83. The van der Waals surface area contributed by atoms with Gasteiger partial charge in [-0.2, -0.15) is 0 Å². The number of piperazine rings is 1. The van der Waals surface area contributed by atoms with Gasteiger partial charge >= 0.3 is 0 Å². The maximum atomic E-state index is 14.0. The second-order valence-electron chi connectivity index (χ2n) is 7.44. The Labute approximate surface area is 170 Å². The summed E-state index contributed by atoms with van der Waals surface area (Å²) in [7, 11) is -3.63. The zero-order valence-electron chi connectivity index (χ0n) is 16.4. The van der Waals surface area contributed by atoms with E-state index in [1.54, 1.807) is 12.3 Å². The van der Waals surface area contributed by atoms with Crippen molar-refractivity contribution < 1.29 is 12.8 Å². The largest absolute Gasteiger partial charge is 0.368 e. The van der Waals surface area contributed by atoms with Crippen molar-refractivity contribution >= 4 is 33.1 Å². The standard InChI is InChI=1S/C19H24ClFN4O2S/c1-12(2)17-11-24(14-5-6-16(21)18(9-14)28(4,26)27)7-8-25(17)19-22-10-15(20)13(3)23-19/h5-6,9-10,12,17H,7-8,11H2,1-4H3. The summed E-state index contributed by atoms with van der Waals surface area (Å²) >= 11 is 6.05. The number of aromatic nitrogens is 2. The van der Waals surface area contributed by atoms with Crippen LogP contribution < -0.4 is 9.80 Å². The summed E-state index contributed by atoms with van der Waals surface area (Å²) in [6.07, 6.45) is 2.63. The van der Waals surface area contributed by atoms with Crippen LogP contribution in [0.3, 0.4) is 0 Å². The molecule has 1 aromatic heterocycles. The first kappa shape index (κ1) is 20.8. The number of sulfone groups is 1. The molecule has 1 aliphatic heterocycles. The van der Waals surface area contributed by atoms with Gasteiger partial charge in [-0.3, -0.25) is 0 Å². The minimum Gasteiger partial charge on any atom is -0.368 e. The van der Waals surface area contributed by atoms with Crippen LogP contribution in [0, 0.1) is 18.7 Å². The van der Waals surface area contributed by atoms with Gasteiger partial charge in [0.05, 0.1) is 23.0 Å². The minimum absolute atomic E-state index is 0.112. The maximum Gasteiger partial charge on any atom is 0.225 e. The lowest BCUT2D eigenvalue weighted by Gasteiger charge is -2.44.